The first-order valence-electron chi connectivity index (χ1n) is 5.23. The summed E-state index contributed by atoms with van der Waals surface area (Å²) >= 11 is 5.60. The van der Waals surface area contributed by atoms with Crippen molar-refractivity contribution in [3.05, 3.63) is 23.2 Å². The predicted octanol–water partition coefficient (Wildman–Crippen LogP) is 2.25. The van der Waals surface area contributed by atoms with Gasteiger partial charge < -0.3 is 4.90 Å². The third-order valence-corrected chi connectivity index (χ3v) is 2.42. The van der Waals surface area contributed by atoms with Crippen molar-refractivity contribution in [3.63, 3.8) is 0 Å². The third kappa shape index (κ3) is 3.77. The maximum absolute atomic E-state index is 11.8. The Hall–Kier alpha value is -1.16. The molecule has 4 nitrogen and oxygen atoms in total. The van der Waals surface area contributed by atoms with Gasteiger partial charge >= 0.3 is 0 Å². The fourth-order valence-corrected chi connectivity index (χ4v) is 1.27. The highest BCUT2D eigenvalue weighted by atomic mass is 35.5. The predicted molar refractivity (Wildman–Crippen MR) is 63.5 cm³/mol. The summed E-state index contributed by atoms with van der Waals surface area (Å²) in [4.78, 5) is 21.3. The smallest absolute Gasteiger partial charge is 0.273 e. The van der Waals surface area contributed by atoms with Gasteiger partial charge in [0.15, 0.2) is 0 Å². The molecule has 0 aliphatic heterocycles. The van der Waals surface area contributed by atoms with Gasteiger partial charge in [-0.1, -0.05) is 25.4 Å². The Labute approximate surface area is 101 Å². The molecule has 0 unspecified atom stereocenters. The van der Waals surface area contributed by atoms with Crippen LogP contribution >= 0.6 is 11.6 Å². The maximum Gasteiger partial charge on any atom is 0.273 e. The van der Waals surface area contributed by atoms with E-state index in [4.69, 9.17) is 11.6 Å². The zero-order valence-corrected chi connectivity index (χ0v) is 10.5. The van der Waals surface area contributed by atoms with Crippen molar-refractivity contribution in [2.45, 2.75) is 20.3 Å². The Bertz CT molecular complexity index is 351. The van der Waals surface area contributed by atoms with Gasteiger partial charge in [-0.2, -0.15) is 0 Å². The molecule has 0 spiro atoms. The highest BCUT2D eigenvalue weighted by Crippen LogP contribution is 2.06. The number of halogens is 1. The first-order valence-corrected chi connectivity index (χ1v) is 5.61. The summed E-state index contributed by atoms with van der Waals surface area (Å²) in [5.41, 5.74) is 0.329. The minimum atomic E-state index is -0.121. The zero-order valence-electron chi connectivity index (χ0n) is 9.77. The molecular formula is C11H16ClN3O. The van der Waals surface area contributed by atoms with Crippen LogP contribution in [0, 0.1) is 5.92 Å². The molecule has 1 heterocycles. The normalized spacial score (nSPS) is 10.6. The van der Waals surface area contributed by atoms with Crippen molar-refractivity contribution in [2.24, 2.45) is 5.92 Å². The van der Waals surface area contributed by atoms with E-state index in [-0.39, 0.29) is 5.91 Å². The average molecular weight is 242 g/mol. The summed E-state index contributed by atoms with van der Waals surface area (Å²) < 4.78 is 0. The van der Waals surface area contributed by atoms with Gasteiger partial charge in [0, 0.05) is 13.6 Å². The van der Waals surface area contributed by atoms with Crippen molar-refractivity contribution in [3.8, 4) is 0 Å². The summed E-state index contributed by atoms with van der Waals surface area (Å²) in [6.07, 6.45) is 3.75. The van der Waals surface area contributed by atoms with Gasteiger partial charge in [0.05, 0.1) is 12.4 Å². The fourth-order valence-electron chi connectivity index (χ4n) is 1.17. The monoisotopic (exact) mass is 241 g/mol. The van der Waals surface area contributed by atoms with Gasteiger partial charge in [0.2, 0.25) is 0 Å². The number of aromatic nitrogens is 2. The van der Waals surface area contributed by atoms with Crippen molar-refractivity contribution < 1.29 is 4.79 Å². The molecule has 1 amide bonds. The lowest BCUT2D eigenvalue weighted by Gasteiger charge is -2.17. The Balaban J connectivity index is 2.60. The number of rotatable bonds is 4. The van der Waals surface area contributed by atoms with E-state index in [1.54, 1.807) is 11.9 Å². The van der Waals surface area contributed by atoms with E-state index >= 15 is 0 Å². The molecule has 1 aromatic rings. The van der Waals surface area contributed by atoms with Crippen LogP contribution in [0.3, 0.4) is 0 Å². The molecule has 1 rings (SSSR count). The van der Waals surface area contributed by atoms with Crippen molar-refractivity contribution in [1.82, 2.24) is 14.9 Å². The summed E-state index contributed by atoms with van der Waals surface area (Å²) in [6, 6.07) is 0. The lowest BCUT2D eigenvalue weighted by atomic mass is 10.1. The Morgan fingerprint density at radius 3 is 2.62 bits per heavy atom. The van der Waals surface area contributed by atoms with E-state index < -0.39 is 0 Å². The minimum absolute atomic E-state index is 0.121. The maximum atomic E-state index is 11.8. The highest BCUT2D eigenvalue weighted by Gasteiger charge is 2.13. The molecular weight excluding hydrogens is 226 g/mol. The lowest BCUT2D eigenvalue weighted by Crippen LogP contribution is -2.29. The van der Waals surface area contributed by atoms with E-state index in [1.165, 1.54) is 12.4 Å². The van der Waals surface area contributed by atoms with Crippen LogP contribution in [0.1, 0.15) is 30.8 Å². The van der Waals surface area contributed by atoms with Gasteiger partial charge in [-0.05, 0) is 12.3 Å². The van der Waals surface area contributed by atoms with Crippen LogP contribution in [-0.4, -0.2) is 34.4 Å². The number of carbonyl (C=O) groups is 1. The molecule has 0 aliphatic rings. The third-order valence-electron chi connectivity index (χ3n) is 2.23. The van der Waals surface area contributed by atoms with Gasteiger partial charge in [-0.3, -0.25) is 4.79 Å². The Morgan fingerprint density at radius 1 is 1.44 bits per heavy atom. The second-order valence-electron chi connectivity index (χ2n) is 4.13. The topological polar surface area (TPSA) is 46.1 Å². The van der Waals surface area contributed by atoms with Crippen LogP contribution < -0.4 is 0 Å². The second-order valence-corrected chi connectivity index (χ2v) is 4.52. The van der Waals surface area contributed by atoms with Gasteiger partial charge in [0.1, 0.15) is 10.8 Å². The Kier molecular flexibility index (Phi) is 4.68. The van der Waals surface area contributed by atoms with Gasteiger partial charge in [-0.25, -0.2) is 9.97 Å². The van der Waals surface area contributed by atoms with Gasteiger partial charge in [-0.15, -0.1) is 0 Å². The Morgan fingerprint density at radius 2 is 2.12 bits per heavy atom. The SMILES string of the molecule is CC(C)CCN(C)C(=O)c1cnc(Cl)cn1. The van der Waals surface area contributed by atoms with Crippen LogP contribution in [0.25, 0.3) is 0 Å². The van der Waals surface area contributed by atoms with Crippen molar-refractivity contribution >= 4 is 17.5 Å². The van der Waals surface area contributed by atoms with E-state index in [0.29, 0.717) is 16.8 Å². The molecule has 0 saturated heterocycles. The molecule has 0 aliphatic carbocycles. The number of carbonyl (C=O) groups excluding carboxylic acids is 1. The second kappa shape index (κ2) is 5.80. The molecule has 5 heteroatoms. The molecule has 0 radical (unpaired) electrons. The van der Waals surface area contributed by atoms with Crippen LogP contribution in [0.5, 0.6) is 0 Å². The first-order chi connectivity index (χ1) is 7.50. The van der Waals surface area contributed by atoms with E-state index in [2.05, 4.69) is 23.8 Å². The van der Waals surface area contributed by atoms with Gasteiger partial charge in [0.25, 0.3) is 5.91 Å². The average Bonchev–Trinajstić information content (AvgIpc) is 2.26. The first kappa shape index (κ1) is 12.9. The molecule has 0 atom stereocenters. The zero-order chi connectivity index (χ0) is 12.1. The summed E-state index contributed by atoms with van der Waals surface area (Å²) in [6.45, 7) is 4.97. The van der Waals surface area contributed by atoms with Crippen LogP contribution in [0.2, 0.25) is 5.15 Å². The molecule has 0 bridgehead atoms. The molecule has 0 aromatic carbocycles. The number of amides is 1. The number of nitrogens with zero attached hydrogens (tertiary/aromatic N) is 3. The summed E-state index contributed by atoms with van der Waals surface area (Å²) in [7, 11) is 1.76. The van der Waals surface area contributed by atoms with Crippen molar-refractivity contribution in [1.29, 1.82) is 0 Å². The van der Waals surface area contributed by atoms with E-state index in [0.717, 1.165) is 13.0 Å². The quantitative estimate of drug-likeness (QED) is 0.812. The lowest BCUT2D eigenvalue weighted by molar-refractivity contribution is 0.0783. The van der Waals surface area contributed by atoms with Crippen LogP contribution in [0.4, 0.5) is 0 Å². The van der Waals surface area contributed by atoms with Crippen LogP contribution in [0.15, 0.2) is 12.4 Å². The molecule has 0 N–H and O–H groups in total. The van der Waals surface area contributed by atoms with E-state index in [9.17, 15) is 4.79 Å². The molecule has 1 aromatic heterocycles. The molecule has 16 heavy (non-hydrogen) atoms. The highest BCUT2D eigenvalue weighted by molar-refractivity contribution is 6.29. The van der Waals surface area contributed by atoms with E-state index in [1.807, 2.05) is 0 Å². The summed E-state index contributed by atoms with van der Waals surface area (Å²) in [5, 5.41) is 0.293. The number of hydrogen-bond donors (Lipinski definition) is 0. The molecule has 88 valence electrons. The largest absolute Gasteiger partial charge is 0.340 e. The fraction of sp³-hybridized carbons (Fsp3) is 0.545. The molecule has 0 saturated carbocycles. The van der Waals surface area contributed by atoms with Crippen LogP contribution in [-0.2, 0) is 0 Å². The standard InChI is InChI=1S/C11H16ClN3O/c1-8(2)4-5-15(3)11(16)9-6-14-10(12)7-13-9/h6-8H,4-5H2,1-3H3. The summed E-state index contributed by atoms with van der Waals surface area (Å²) in [5.74, 6) is 0.455. The number of hydrogen-bond acceptors (Lipinski definition) is 3. The molecule has 0 fully saturated rings. The minimum Gasteiger partial charge on any atom is -0.340 e. The van der Waals surface area contributed by atoms with Crippen molar-refractivity contribution in [2.75, 3.05) is 13.6 Å².